The van der Waals surface area contributed by atoms with Gasteiger partial charge in [0.15, 0.2) is 5.03 Å². The van der Waals surface area contributed by atoms with Crippen LogP contribution in [-0.4, -0.2) is 18.5 Å². The maximum absolute atomic E-state index is 12.3. The van der Waals surface area contributed by atoms with Gasteiger partial charge in [-0.3, -0.25) is 4.72 Å². The van der Waals surface area contributed by atoms with Crippen LogP contribution < -0.4 is 4.72 Å². The Balaban J connectivity index is 2.28. The zero-order valence-electron chi connectivity index (χ0n) is 11.8. The fraction of sp³-hybridized carbons (Fsp3) is 0.267. The van der Waals surface area contributed by atoms with Crippen molar-refractivity contribution in [3.63, 3.8) is 0 Å². The van der Waals surface area contributed by atoms with Crippen molar-refractivity contribution >= 4 is 15.7 Å². The standard InChI is InChI=1S/C15H18N2O3S/c1-2-5-13-6-3-4-7-14(13)17-21(19,20)15-9-8-12(11-18)10-16-15/h3-4,6-10,17-18H,2,5,11H2,1H3. The van der Waals surface area contributed by atoms with E-state index in [-0.39, 0.29) is 11.6 Å². The van der Waals surface area contributed by atoms with Crippen molar-refractivity contribution in [1.29, 1.82) is 0 Å². The van der Waals surface area contributed by atoms with E-state index in [0.29, 0.717) is 11.3 Å². The molecule has 6 heteroatoms. The number of nitrogens with one attached hydrogen (secondary N) is 1. The lowest BCUT2D eigenvalue weighted by molar-refractivity contribution is 0.281. The first-order chi connectivity index (χ1) is 10.1. The van der Waals surface area contributed by atoms with E-state index in [1.807, 2.05) is 19.1 Å². The number of anilines is 1. The molecule has 21 heavy (non-hydrogen) atoms. The van der Waals surface area contributed by atoms with Crippen molar-refractivity contribution in [2.24, 2.45) is 0 Å². The molecule has 0 spiro atoms. The van der Waals surface area contributed by atoms with Crippen LogP contribution in [0.15, 0.2) is 47.6 Å². The van der Waals surface area contributed by atoms with E-state index in [1.165, 1.54) is 12.3 Å². The Bertz CT molecular complexity index is 697. The van der Waals surface area contributed by atoms with Crippen LogP contribution in [0.3, 0.4) is 0 Å². The minimum absolute atomic E-state index is 0.0639. The van der Waals surface area contributed by atoms with Gasteiger partial charge in [0.05, 0.1) is 12.3 Å². The molecule has 1 aromatic carbocycles. The molecule has 1 heterocycles. The number of benzene rings is 1. The quantitative estimate of drug-likeness (QED) is 0.858. The van der Waals surface area contributed by atoms with Gasteiger partial charge in [0.1, 0.15) is 0 Å². The molecule has 2 N–H and O–H groups in total. The third-order valence-electron chi connectivity index (χ3n) is 3.04. The minimum atomic E-state index is -3.72. The highest BCUT2D eigenvalue weighted by Crippen LogP contribution is 2.20. The summed E-state index contributed by atoms with van der Waals surface area (Å²) in [5.74, 6) is 0. The average Bonchev–Trinajstić information content (AvgIpc) is 2.49. The molecular weight excluding hydrogens is 288 g/mol. The van der Waals surface area contributed by atoms with Gasteiger partial charge in [-0.1, -0.05) is 37.6 Å². The second-order valence-corrected chi connectivity index (χ2v) is 6.30. The smallest absolute Gasteiger partial charge is 0.279 e. The Morgan fingerprint density at radius 3 is 2.57 bits per heavy atom. The van der Waals surface area contributed by atoms with E-state index in [4.69, 9.17) is 5.11 Å². The summed E-state index contributed by atoms with van der Waals surface area (Å²) in [6.45, 7) is 1.88. The largest absolute Gasteiger partial charge is 0.392 e. The molecule has 0 radical (unpaired) electrons. The van der Waals surface area contributed by atoms with Crippen LogP contribution >= 0.6 is 0 Å². The summed E-state index contributed by atoms with van der Waals surface area (Å²) in [5, 5.41) is 8.89. The van der Waals surface area contributed by atoms with Crippen molar-refractivity contribution in [2.45, 2.75) is 31.4 Å². The molecule has 2 rings (SSSR count). The Kier molecular flexibility index (Phi) is 4.93. The van der Waals surface area contributed by atoms with Gasteiger partial charge in [-0.15, -0.1) is 0 Å². The number of hydrogen-bond acceptors (Lipinski definition) is 4. The fourth-order valence-electron chi connectivity index (χ4n) is 1.97. The number of nitrogens with zero attached hydrogens (tertiary/aromatic N) is 1. The zero-order chi connectivity index (χ0) is 15.3. The summed E-state index contributed by atoms with van der Waals surface area (Å²) in [5.41, 5.74) is 2.10. The first-order valence-corrected chi connectivity index (χ1v) is 8.21. The van der Waals surface area contributed by atoms with Crippen molar-refractivity contribution < 1.29 is 13.5 Å². The molecule has 0 aliphatic heterocycles. The monoisotopic (exact) mass is 306 g/mol. The molecule has 0 amide bonds. The Labute approximate surface area is 124 Å². The number of pyridine rings is 1. The zero-order valence-corrected chi connectivity index (χ0v) is 12.6. The molecule has 0 saturated heterocycles. The summed E-state index contributed by atoms with van der Waals surface area (Å²) in [6.07, 6.45) is 3.09. The van der Waals surface area contributed by atoms with E-state index in [1.54, 1.807) is 18.2 Å². The number of aromatic nitrogens is 1. The van der Waals surface area contributed by atoms with Gasteiger partial charge in [-0.25, -0.2) is 4.98 Å². The minimum Gasteiger partial charge on any atom is -0.392 e. The number of aryl methyl sites for hydroxylation is 1. The average molecular weight is 306 g/mol. The maximum atomic E-state index is 12.3. The predicted molar refractivity (Wildman–Crippen MR) is 81.4 cm³/mol. The van der Waals surface area contributed by atoms with Crippen LogP contribution in [0.2, 0.25) is 0 Å². The van der Waals surface area contributed by atoms with Gasteiger partial charge in [0.25, 0.3) is 10.0 Å². The van der Waals surface area contributed by atoms with Crippen molar-refractivity contribution in [3.05, 3.63) is 53.7 Å². The number of para-hydroxylation sites is 1. The summed E-state index contributed by atoms with van der Waals surface area (Å²) in [6, 6.07) is 10.3. The third-order valence-corrected chi connectivity index (χ3v) is 4.32. The molecule has 2 aromatic rings. The normalized spacial score (nSPS) is 11.3. The molecule has 112 valence electrons. The molecule has 5 nitrogen and oxygen atoms in total. The highest BCUT2D eigenvalue weighted by Gasteiger charge is 2.17. The van der Waals surface area contributed by atoms with Gasteiger partial charge in [-0.2, -0.15) is 8.42 Å². The maximum Gasteiger partial charge on any atom is 0.279 e. The van der Waals surface area contributed by atoms with E-state index in [2.05, 4.69) is 9.71 Å². The topological polar surface area (TPSA) is 79.3 Å². The predicted octanol–water partition coefficient (Wildman–Crippen LogP) is 2.33. The number of hydrogen-bond donors (Lipinski definition) is 2. The molecule has 0 aliphatic carbocycles. The summed E-state index contributed by atoms with van der Waals surface area (Å²) in [7, 11) is -3.72. The Morgan fingerprint density at radius 2 is 1.95 bits per heavy atom. The number of rotatable bonds is 6. The molecular formula is C15H18N2O3S. The highest BCUT2D eigenvalue weighted by molar-refractivity contribution is 7.92. The van der Waals surface area contributed by atoms with Crippen LogP contribution in [-0.2, 0) is 23.1 Å². The fourth-order valence-corrected chi connectivity index (χ4v) is 3.00. The Hall–Kier alpha value is -1.92. The lowest BCUT2D eigenvalue weighted by atomic mass is 10.1. The van der Waals surface area contributed by atoms with Crippen molar-refractivity contribution in [3.8, 4) is 0 Å². The van der Waals surface area contributed by atoms with E-state index < -0.39 is 10.0 Å². The van der Waals surface area contributed by atoms with Crippen LogP contribution in [0.4, 0.5) is 5.69 Å². The highest BCUT2D eigenvalue weighted by atomic mass is 32.2. The SMILES string of the molecule is CCCc1ccccc1NS(=O)(=O)c1ccc(CO)cn1. The second-order valence-electron chi connectivity index (χ2n) is 4.68. The molecule has 0 saturated carbocycles. The van der Waals surface area contributed by atoms with Crippen LogP contribution in [0, 0.1) is 0 Å². The molecule has 0 bridgehead atoms. The lowest BCUT2D eigenvalue weighted by Crippen LogP contribution is -2.15. The summed E-state index contributed by atoms with van der Waals surface area (Å²) < 4.78 is 27.2. The number of aliphatic hydroxyl groups excluding tert-OH is 1. The van der Waals surface area contributed by atoms with E-state index >= 15 is 0 Å². The van der Waals surface area contributed by atoms with Gasteiger partial charge in [-0.05, 0) is 29.7 Å². The van der Waals surface area contributed by atoms with Crippen molar-refractivity contribution in [2.75, 3.05) is 4.72 Å². The molecule has 0 fully saturated rings. The van der Waals surface area contributed by atoms with Gasteiger partial charge >= 0.3 is 0 Å². The first kappa shape index (κ1) is 15.5. The van der Waals surface area contributed by atoms with Gasteiger partial charge in [0, 0.05) is 6.20 Å². The number of sulfonamides is 1. The molecule has 0 aliphatic rings. The lowest BCUT2D eigenvalue weighted by Gasteiger charge is -2.11. The van der Waals surface area contributed by atoms with Crippen LogP contribution in [0.1, 0.15) is 24.5 Å². The van der Waals surface area contributed by atoms with E-state index in [9.17, 15) is 8.42 Å². The molecule has 0 atom stereocenters. The van der Waals surface area contributed by atoms with Gasteiger partial charge in [0.2, 0.25) is 0 Å². The van der Waals surface area contributed by atoms with Crippen LogP contribution in [0.25, 0.3) is 0 Å². The molecule has 0 unspecified atom stereocenters. The summed E-state index contributed by atoms with van der Waals surface area (Å²) in [4.78, 5) is 3.88. The van der Waals surface area contributed by atoms with Crippen molar-refractivity contribution in [1.82, 2.24) is 4.98 Å². The van der Waals surface area contributed by atoms with Gasteiger partial charge < -0.3 is 5.11 Å². The Morgan fingerprint density at radius 1 is 1.19 bits per heavy atom. The third kappa shape index (κ3) is 3.80. The first-order valence-electron chi connectivity index (χ1n) is 6.73. The van der Waals surface area contributed by atoms with E-state index in [0.717, 1.165) is 18.4 Å². The van der Waals surface area contributed by atoms with Crippen LogP contribution in [0.5, 0.6) is 0 Å². The second kappa shape index (κ2) is 6.69. The summed E-state index contributed by atoms with van der Waals surface area (Å²) >= 11 is 0. The molecule has 1 aromatic heterocycles. The number of aliphatic hydroxyl groups is 1.